The Morgan fingerprint density at radius 1 is 1.10 bits per heavy atom. The van der Waals surface area contributed by atoms with Gasteiger partial charge in [-0.25, -0.2) is 0 Å². The molecule has 0 fully saturated rings. The molecule has 1 aromatic heterocycles. The predicted octanol–water partition coefficient (Wildman–Crippen LogP) is 4.31. The van der Waals surface area contributed by atoms with Crippen LogP contribution in [0.1, 0.15) is 11.1 Å². The lowest BCUT2D eigenvalue weighted by Crippen LogP contribution is -1.97. The van der Waals surface area contributed by atoms with Crippen molar-refractivity contribution in [1.82, 2.24) is 9.55 Å². The number of aryl methyl sites for hydroxylation is 2. The quantitative estimate of drug-likeness (QED) is 0.710. The van der Waals surface area contributed by atoms with Crippen LogP contribution in [0.5, 0.6) is 5.75 Å². The molecule has 20 heavy (non-hydrogen) atoms. The third kappa shape index (κ3) is 2.02. The van der Waals surface area contributed by atoms with Gasteiger partial charge in [0, 0.05) is 0 Å². The van der Waals surface area contributed by atoms with Crippen molar-refractivity contribution >= 4 is 23.3 Å². The lowest BCUT2D eigenvalue weighted by atomic mass is 10.1. The molecule has 1 heterocycles. The van der Waals surface area contributed by atoms with Crippen molar-refractivity contribution in [2.75, 3.05) is 7.11 Å². The molecule has 0 atom stereocenters. The van der Waals surface area contributed by atoms with E-state index in [1.807, 2.05) is 18.2 Å². The molecule has 0 saturated heterocycles. The van der Waals surface area contributed by atoms with Crippen LogP contribution >= 0.6 is 12.2 Å². The topological polar surface area (TPSA) is 29.9 Å². The van der Waals surface area contributed by atoms with Gasteiger partial charge in [-0.05, 0) is 67.5 Å². The molecule has 0 bridgehead atoms. The number of hydrogen-bond acceptors (Lipinski definition) is 2. The molecule has 0 amide bonds. The van der Waals surface area contributed by atoms with Gasteiger partial charge >= 0.3 is 0 Å². The van der Waals surface area contributed by atoms with Crippen molar-refractivity contribution in [2.24, 2.45) is 0 Å². The first kappa shape index (κ1) is 12.9. The minimum Gasteiger partial charge on any atom is -0.497 e. The van der Waals surface area contributed by atoms with Crippen LogP contribution in [0.2, 0.25) is 0 Å². The van der Waals surface area contributed by atoms with Crippen LogP contribution in [0.3, 0.4) is 0 Å². The maximum absolute atomic E-state index is 5.48. The van der Waals surface area contributed by atoms with E-state index in [1.165, 1.54) is 5.56 Å². The Labute approximate surface area is 122 Å². The largest absolute Gasteiger partial charge is 0.497 e. The molecular weight excluding hydrogens is 268 g/mol. The van der Waals surface area contributed by atoms with E-state index in [0.29, 0.717) is 4.77 Å². The van der Waals surface area contributed by atoms with E-state index >= 15 is 0 Å². The van der Waals surface area contributed by atoms with Crippen LogP contribution in [0.25, 0.3) is 16.7 Å². The van der Waals surface area contributed by atoms with Gasteiger partial charge in [-0.3, -0.25) is 4.57 Å². The molecule has 1 N–H and O–H groups in total. The molecule has 0 radical (unpaired) electrons. The zero-order valence-corrected chi connectivity index (χ0v) is 12.5. The molecule has 0 aliphatic rings. The highest BCUT2D eigenvalue weighted by molar-refractivity contribution is 7.71. The number of aromatic amines is 1. The summed E-state index contributed by atoms with van der Waals surface area (Å²) in [6.45, 7) is 4.14. The van der Waals surface area contributed by atoms with E-state index in [-0.39, 0.29) is 0 Å². The Balaban J connectivity index is 2.29. The second-order valence-corrected chi connectivity index (χ2v) is 5.33. The van der Waals surface area contributed by atoms with Crippen LogP contribution in [-0.2, 0) is 0 Å². The van der Waals surface area contributed by atoms with E-state index in [4.69, 9.17) is 17.0 Å². The first-order chi connectivity index (χ1) is 9.60. The fourth-order valence-corrected chi connectivity index (χ4v) is 2.78. The van der Waals surface area contributed by atoms with Crippen molar-refractivity contribution in [1.29, 1.82) is 0 Å². The second kappa shape index (κ2) is 4.80. The van der Waals surface area contributed by atoms with Crippen LogP contribution in [0, 0.1) is 18.6 Å². The maximum Gasteiger partial charge on any atom is 0.182 e. The molecule has 3 nitrogen and oxygen atoms in total. The highest BCUT2D eigenvalue weighted by Crippen LogP contribution is 2.25. The SMILES string of the molecule is COc1ccc(-n2c(=S)[nH]c3cc(C)ccc32)c(C)c1. The highest BCUT2D eigenvalue weighted by Gasteiger charge is 2.09. The van der Waals surface area contributed by atoms with Crippen molar-refractivity contribution < 1.29 is 4.74 Å². The fourth-order valence-electron chi connectivity index (χ4n) is 2.47. The number of aromatic nitrogens is 2. The zero-order chi connectivity index (χ0) is 14.3. The number of fused-ring (bicyclic) bond motifs is 1. The van der Waals surface area contributed by atoms with E-state index in [1.54, 1.807) is 7.11 Å². The third-order valence-electron chi connectivity index (χ3n) is 3.48. The molecule has 2 aromatic carbocycles. The molecule has 4 heteroatoms. The van der Waals surface area contributed by atoms with Gasteiger partial charge in [-0.2, -0.15) is 0 Å². The monoisotopic (exact) mass is 284 g/mol. The number of rotatable bonds is 2. The zero-order valence-electron chi connectivity index (χ0n) is 11.7. The summed E-state index contributed by atoms with van der Waals surface area (Å²) >= 11 is 5.48. The number of ether oxygens (including phenoxy) is 1. The Kier molecular flexibility index (Phi) is 3.10. The maximum atomic E-state index is 5.48. The van der Waals surface area contributed by atoms with Crippen molar-refractivity contribution in [3.05, 3.63) is 52.3 Å². The molecular formula is C16H16N2OS. The molecule has 3 rings (SSSR count). The van der Waals surface area contributed by atoms with Crippen molar-refractivity contribution in [3.63, 3.8) is 0 Å². The van der Waals surface area contributed by atoms with Gasteiger partial charge < -0.3 is 9.72 Å². The number of nitrogens with one attached hydrogen (secondary N) is 1. The van der Waals surface area contributed by atoms with Gasteiger partial charge in [0.25, 0.3) is 0 Å². The fraction of sp³-hybridized carbons (Fsp3) is 0.188. The van der Waals surface area contributed by atoms with E-state index < -0.39 is 0 Å². The Bertz CT molecular complexity index is 845. The summed E-state index contributed by atoms with van der Waals surface area (Å²) in [6.07, 6.45) is 0. The van der Waals surface area contributed by atoms with Crippen LogP contribution in [-0.4, -0.2) is 16.7 Å². The molecule has 0 saturated carbocycles. The van der Waals surface area contributed by atoms with Gasteiger partial charge in [-0.15, -0.1) is 0 Å². The van der Waals surface area contributed by atoms with E-state index in [9.17, 15) is 0 Å². The molecule has 3 aromatic rings. The van der Waals surface area contributed by atoms with E-state index in [0.717, 1.165) is 28.0 Å². The Hall–Kier alpha value is -2.07. The number of methoxy groups -OCH3 is 1. The highest BCUT2D eigenvalue weighted by atomic mass is 32.1. The number of H-pyrrole nitrogens is 1. The second-order valence-electron chi connectivity index (χ2n) is 4.94. The Morgan fingerprint density at radius 2 is 1.90 bits per heavy atom. The van der Waals surface area contributed by atoms with Gasteiger partial charge in [0.1, 0.15) is 5.75 Å². The van der Waals surface area contributed by atoms with Gasteiger partial charge in [0.15, 0.2) is 4.77 Å². The third-order valence-corrected chi connectivity index (χ3v) is 3.77. The number of nitrogens with zero attached hydrogens (tertiary/aromatic N) is 1. The summed E-state index contributed by atoms with van der Waals surface area (Å²) in [7, 11) is 1.68. The molecule has 0 aliphatic carbocycles. The van der Waals surface area contributed by atoms with Crippen molar-refractivity contribution in [2.45, 2.75) is 13.8 Å². The van der Waals surface area contributed by atoms with E-state index in [2.05, 4.69) is 41.6 Å². The number of hydrogen-bond donors (Lipinski definition) is 1. The molecule has 0 aliphatic heterocycles. The predicted molar refractivity (Wildman–Crippen MR) is 84.5 cm³/mol. The van der Waals surface area contributed by atoms with Gasteiger partial charge in [0.05, 0.1) is 23.8 Å². The van der Waals surface area contributed by atoms with Crippen LogP contribution in [0.15, 0.2) is 36.4 Å². The Morgan fingerprint density at radius 3 is 2.60 bits per heavy atom. The smallest absolute Gasteiger partial charge is 0.182 e. The van der Waals surface area contributed by atoms with Gasteiger partial charge in [-0.1, -0.05) is 6.07 Å². The summed E-state index contributed by atoms with van der Waals surface area (Å²) in [5.41, 5.74) is 5.57. The first-order valence-corrected chi connectivity index (χ1v) is 6.87. The first-order valence-electron chi connectivity index (χ1n) is 6.46. The lowest BCUT2D eigenvalue weighted by Gasteiger charge is -2.10. The molecule has 0 spiro atoms. The standard InChI is InChI=1S/C16H16N2OS/c1-10-4-6-15-13(8-10)17-16(20)18(15)14-7-5-12(19-3)9-11(14)2/h4-9H,1-3H3,(H,17,20). The van der Waals surface area contributed by atoms with Crippen LogP contribution in [0.4, 0.5) is 0 Å². The lowest BCUT2D eigenvalue weighted by molar-refractivity contribution is 0.414. The summed E-state index contributed by atoms with van der Waals surface area (Å²) in [5, 5.41) is 0. The number of benzene rings is 2. The minimum absolute atomic E-state index is 0.707. The summed E-state index contributed by atoms with van der Waals surface area (Å²) < 4.78 is 8.03. The summed E-state index contributed by atoms with van der Waals surface area (Å²) in [4.78, 5) is 3.27. The minimum atomic E-state index is 0.707. The average Bonchev–Trinajstić information content (AvgIpc) is 2.73. The molecule has 0 unspecified atom stereocenters. The molecule has 102 valence electrons. The summed E-state index contributed by atoms with van der Waals surface area (Å²) in [5.74, 6) is 0.855. The summed E-state index contributed by atoms with van der Waals surface area (Å²) in [6, 6.07) is 12.3. The van der Waals surface area contributed by atoms with Crippen LogP contribution < -0.4 is 4.74 Å². The van der Waals surface area contributed by atoms with Crippen molar-refractivity contribution in [3.8, 4) is 11.4 Å². The average molecular weight is 284 g/mol. The normalized spacial score (nSPS) is 10.9. The number of imidazole rings is 1. The van der Waals surface area contributed by atoms with Gasteiger partial charge in [0.2, 0.25) is 0 Å².